The Morgan fingerprint density at radius 3 is 3.00 bits per heavy atom. The number of aromatic nitrogens is 1. The maximum Gasteiger partial charge on any atom is 0.339 e. The number of nitrogens with zero attached hydrogens (tertiary/aromatic N) is 2. The van der Waals surface area contributed by atoms with Crippen LogP contribution in [0.3, 0.4) is 0 Å². The standard InChI is InChI=1S/C15H23N3O2/c1-3-20-15(19)12-6-7-14(17-9-12)18-8-4-5-13(10-18)11(2)16/h6-7,9,11,13H,3-5,8,10,16H2,1-2H3. The summed E-state index contributed by atoms with van der Waals surface area (Å²) in [4.78, 5) is 18.2. The second kappa shape index (κ2) is 6.70. The molecule has 2 N–H and O–H groups in total. The summed E-state index contributed by atoms with van der Waals surface area (Å²) in [5.74, 6) is 1.09. The van der Waals surface area contributed by atoms with E-state index in [0.717, 1.165) is 25.3 Å². The number of nitrogens with two attached hydrogens (primary N) is 1. The van der Waals surface area contributed by atoms with Gasteiger partial charge in [0.2, 0.25) is 0 Å². The molecule has 1 aromatic heterocycles. The number of ether oxygens (including phenoxy) is 1. The highest BCUT2D eigenvalue weighted by Gasteiger charge is 2.23. The van der Waals surface area contributed by atoms with Crippen LogP contribution in [0.15, 0.2) is 18.3 Å². The van der Waals surface area contributed by atoms with Crippen LogP contribution in [-0.4, -0.2) is 36.7 Å². The molecule has 5 heteroatoms. The molecule has 0 saturated carbocycles. The second-order valence-electron chi connectivity index (χ2n) is 5.33. The van der Waals surface area contributed by atoms with E-state index in [9.17, 15) is 4.79 Å². The lowest BCUT2D eigenvalue weighted by Gasteiger charge is -2.35. The first-order valence-corrected chi connectivity index (χ1v) is 7.25. The van der Waals surface area contributed by atoms with Crippen molar-refractivity contribution >= 4 is 11.8 Å². The number of rotatable bonds is 4. The van der Waals surface area contributed by atoms with Gasteiger partial charge >= 0.3 is 5.97 Å². The molecule has 2 rings (SSSR count). The van der Waals surface area contributed by atoms with Gasteiger partial charge in [0.15, 0.2) is 0 Å². The fourth-order valence-electron chi connectivity index (χ4n) is 2.56. The zero-order chi connectivity index (χ0) is 14.5. The van der Waals surface area contributed by atoms with Gasteiger partial charge in [-0.3, -0.25) is 0 Å². The summed E-state index contributed by atoms with van der Waals surface area (Å²) < 4.78 is 4.95. The van der Waals surface area contributed by atoms with E-state index in [1.165, 1.54) is 6.42 Å². The normalized spacial score (nSPS) is 20.6. The summed E-state index contributed by atoms with van der Waals surface area (Å²) in [6.07, 6.45) is 3.89. The lowest BCUT2D eigenvalue weighted by Crippen LogP contribution is -2.42. The molecule has 0 aliphatic carbocycles. The lowest BCUT2D eigenvalue weighted by atomic mass is 9.92. The molecule has 1 fully saturated rings. The van der Waals surface area contributed by atoms with Gasteiger partial charge in [-0.15, -0.1) is 0 Å². The molecular formula is C15H23N3O2. The van der Waals surface area contributed by atoms with Gasteiger partial charge in [-0.25, -0.2) is 9.78 Å². The summed E-state index contributed by atoms with van der Waals surface area (Å²) in [6.45, 7) is 6.16. The monoisotopic (exact) mass is 277 g/mol. The number of anilines is 1. The van der Waals surface area contributed by atoms with Crippen LogP contribution < -0.4 is 10.6 Å². The first kappa shape index (κ1) is 14.8. The van der Waals surface area contributed by atoms with Crippen LogP contribution >= 0.6 is 0 Å². The molecule has 0 spiro atoms. The molecule has 0 radical (unpaired) electrons. The molecule has 0 amide bonds. The van der Waals surface area contributed by atoms with Crippen molar-refractivity contribution in [1.29, 1.82) is 0 Å². The fraction of sp³-hybridized carbons (Fsp3) is 0.600. The van der Waals surface area contributed by atoms with Crippen LogP contribution in [0.1, 0.15) is 37.0 Å². The second-order valence-corrected chi connectivity index (χ2v) is 5.33. The Balaban J connectivity index is 2.04. The minimum Gasteiger partial charge on any atom is -0.462 e. The summed E-state index contributed by atoms with van der Waals surface area (Å²) >= 11 is 0. The number of hydrogen-bond donors (Lipinski definition) is 1. The maximum atomic E-state index is 11.6. The third-order valence-corrected chi connectivity index (χ3v) is 3.78. The van der Waals surface area contributed by atoms with Gasteiger partial charge in [0, 0.05) is 25.3 Å². The first-order valence-electron chi connectivity index (χ1n) is 7.25. The summed E-state index contributed by atoms with van der Waals surface area (Å²) in [5, 5.41) is 0. The minimum absolute atomic E-state index is 0.205. The van der Waals surface area contributed by atoms with Gasteiger partial charge in [0.05, 0.1) is 12.2 Å². The van der Waals surface area contributed by atoms with Crippen LogP contribution in [-0.2, 0) is 4.74 Å². The van der Waals surface area contributed by atoms with Gasteiger partial charge < -0.3 is 15.4 Å². The third kappa shape index (κ3) is 3.48. The largest absolute Gasteiger partial charge is 0.462 e. The van der Waals surface area contributed by atoms with Crippen molar-refractivity contribution in [2.75, 3.05) is 24.6 Å². The average Bonchev–Trinajstić information content (AvgIpc) is 2.48. The number of esters is 1. The number of piperidine rings is 1. The quantitative estimate of drug-likeness (QED) is 0.850. The Morgan fingerprint density at radius 2 is 2.40 bits per heavy atom. The van der Waals surface area contributed by atoms with Crippen LogP contribution in [0.5, 0.6) is 0 Å². The predicted molar refractivity (Wildman–Crippen MR) is 78.8 cm³/mol. The van der Waals surface area contributed by atoms with Crippen molar-refractivity contribution < 1.29 is 9.53 Å². The van der Waals surface area contributed by atoms with Crippen molar-refractivity contribution in [3.05, 3.63) is 23.9 Å². The van der Waals surface area contributed by atoms with Crippen LogP contribution in [0.2, 0.25) is 0 Å². The molecule has 2 heterocycles. The molecule has 1 aliphatic heterocycles. The van der Waals surface area contributed by atoms with Crippen molar-refractivity contribution in [3.63, 3.8) is 0 Å². The molecule has 1 aliphatic rings. The van der Waals surface area contributed by atoms with E-state index in [1.54, 1.807) is 19.2 Å². The van der Waals surface area contributed by atoms with E-state index in [4.69, 9.17) is 10.5 Å². The van der Waals surface area contributed by atoms with Gasteiger partial charge in [-0.2, -0.15) is 0 Å². The summed E-state index contributed by atoms with van der Waals surface area (Å²) in [5.41, 5.74) is 6.49. The van der Waals surface area contributed by atoms with Crippen molar-refractivity contribution in [1.82, 2.24) is 4.98 Å². The SMILES string of the molecule is CCOC(=O)c1ccc(N2CCCC(C(C)N)C2)nc1. The third-order valence-electron chi connectivity index (χ3n) is 3.78. The maximum absolute atomic E-state index is 11.6. The molecule has 1 saturated heterocycles. The molecule has 2 unspecified atom stereocenters. The van der Waals surface area contributed by atoms with Crippen LogP contribution in [0.25, 0.3) is 0 Å². The zero-order valence-corrected chi connectivity index (χ0v) is 12.2. The highest BCUT2D eigenvalue weighted by Crippen LogP contribution is 2.23. The topological polar surface area (TPSA) is 68.5 Å². The van der Waals surface area contributed by atoms with Crippen LogP contribution in [0, 0.1) is 5.92 Å². The van der Waals surface area contributed by atoms with Crippen molar-refractivity contribution in [2.24, 2.45) is 11.7 Å². The first-order chi connectivity index (χ1) is 9.61. The number of pyridine rings is 1. The Morgan fingerprint density at radius 1 is 1.60 bits per heavy atom. The molecule has 20 heavy (non-hydrogen) atoms. The highest BCUT2D eigenvalue weighted by atomic mass is 16.5. The Kier molecular flexibility index (Phi) is 4.95. The van der Waals surface area contributed by atoms with Gasteiger partial charge in [-0.05, 0) is 44.7 Å². The Labute approximate surface area is 120 Å². The Hall–Kier alpha value is -1.62. The van der Waals surface area contributed by atoms with E-state index in [0.29, 0.717) is 18.1 Å². The highest BCUT2D eigenvalue weighted by molar-refractivity contribution is 5.89. The summed E-state index contributed by atoms with van der Waals surface area (Å²) in [6, 6.07) is 3.86. The van der Waals surface area contributed by atoms with Gasteiger partial charge in [0.1, 0.15) is 5.82 Å². The molecule has 0 bridgehead atoms. The molecule has 5 nitrogen and oxygen atoms in total. The number of carbonyl (C=O) groups excluding carboxylic acids is 1. The predicted octanol–water partition coefficient (Wildman–Crippen LogP) is 1.82. The lowest BCUT2D eigenvalue weighted by molar-refractivity contribution is 0.0526. The van der Waals surface area contributed by atoms with E-state index in [2.05, 4.69) is 16.8 Å². The van der Waals surface area contributed by atoms with E-state index < -0.39 is 0 Å². The van der Waals surface area contributed by atoms with E-state index in [-0.39, 0.29) is 12.0 Å². The number of hydrogen-bond acceptors (Lipinski definition) is 5. The van der Waals surface area contributed by atoms with Gasteiger partial charge in [0.25, 0.3) is 0 Å². The van der Waals surface area contributed by atoms with Crippen LogP contribution in [0.4, 0.5) is 5.82 Å². The van der Waals surface area contributed by atoms with Crippen molar-refractivity contribution in [2.45, 2.75) is 32.7 Å². The zero-order valence-electron chi connectivity index (χ0n) is 12.2. The molecular weight excluding hydrogens is 254 g/mol. The minimum atomic E-state index is -0.321. The van der Waals surface area contributed by atoms with E-state index >= 15 is 0 Å². The smallest absolute Gasteiger partial charge is 0.339 e. The summed E-state index contributed by atoms with van der Waals surface area (Å²) in [7, 11) is 0. The number of carbonyl (C=O) groups is 1. The van der Waals surface area contributed by atoms with E-state index in [1.807, 2.05) is 6.07 Å². The molecule has 110 valence electrons. The van der Waals surface area contributed by atoms with Gasteiger partial charge in [-0.1, -0.05) is 0 Å². The van der Waals surface area contributed by atoms with Crippen molar-refractivity contribution in [3.8, 4) is 0 Å². The Bertz CT molecular complexity index is 445. The fourth-order valence-corrected chi connectivity index (χ4v) is 2.56. The average molecular weight is 277 g/mol. The molecule has 0 aromatic carbocycles. The molecule has 2 atom stereocenters. The molecule has 1 aromatic rings.